The minimum Gasteiger partial charge on any atom is -0.334 e. The van der Waals surface area contributed by atoms with Gasteiger partial charge < -0.3 is 15.2 Å². The summed E-state index contributed by atoms with van der Waals surface area (Å²) in [6, 6.07) is 17.1. The van der Waals surface area contributed by atoms with E-state index in [1.165, 1.54) is 0 Å². The van der Waals surface area contributed by atoms with Crippen molar-refractivity contribution in [3.8, 4) is 6.07 Å². The summed E-state index contributed by atoms with van der Waals surface area (Å²) >= 11 is 0. The van der Waals surface area contributed by atoms with Gasteiger partial charge in [0.2, 0.25) is 0 Å². The molecule has 2 aromatic carbocycles. The Bertz CT molecular complexity index is 985. The Morgan fingerprint density at radius 1 is 1.21 bits per heavy atom. The van der Waals surface area contributed by atoms with E-state index in [4.69, 9.17) is 5.26 Å². The van der Waals surface area contributed by atoms with E-state index in [1.54, 1.807) is 18.3 Å². The molecule has 0 bridgehead atoms. The summed E-state index contributed by atoms with van der Waals surface area (Å²) in [5.41, 5.74) is 3.75. The van der Waals surface area contributed by atoms with Gasteiger partial charge in [-0.3, -0.25) is 0 Å². The highest BCUT2D eigenvalue weighted by Crippen LogP contribution is 2.13. The van der Waals surface area contributed by atoms with Crippen molar-refractivity contribution in [3.63, 3.8) is 0 Å². The Hall–Kier alpha value is -3.59. The topological polar surface area (TPSA) is 82.7 Å². The van der Waals surface area contributed by atoms with Crippen LogP contribution < -0.4 is 10.6 Å². The van der Waals surface area contributed by atoms with E-state index in [9.17, 15) is 4.79 Å². The molecule has 0 saturated carbocycles. The number of nitrogens with one attached hydrogen (secondary N) is 2. The standard InChI is InChI=1S/C22H23N5O/c1-16(21-8-6-18(13-23)7-9-21)26-22(28)25-14-19-4-3-5-20(12-19)15-27-11-10-24-17(27)2/h3-12,16H,14-15H2,1-2H3,(H2,25,26,28). The van der Waals surface area contributed by atoms with Gasteiger partial charge in [-0.05, 0) is 42.7 Å². The number of aromatic nitrogens is 2. The number of carbonyl (C=O) groups excluding carboxylic acids is 1. The molecule has 0 aliphatic carbocycles. The fraction of sp³-hybridized carbons (Fsp3) is 0.227. The number of nitrogens with zero attached hydrogens (tertiary/aromatic N) is 3. The summed E-state index contributed by atoms with van der Waals surface area (Å²) in [5, 5.41) is 14.7. The van der Waals surface area contributed by atoms with Crippen LogP contribution in [0, 0.1) is 18.3 Å². The molecule has 1 unspecified atom stereocenters. The quantitative estimate of drug-likeness (QED) is 0.691. The maximum Gasteiger partial charge on any atom is 0.315 e. The van der Waals surface area contributed by atoms with Gasteiger partial charge in [-0.25, -0.2) is 9.78 Å². The Labute approximate surface area is 164 Å². The van der Waals surface area contributed by atoms with Crippen molar-refractivity contribution in [2.75, 3.05) is 0 Å². The molecule has 1 atom stereocenters. The van der Waals surface area contributed by atoms with Crippen LogP contribution in [0.15, 0.2) is 60.9 Å². The van der Waals surface area contributed by atoms with Crippen LogP contribution in [0.5, 0.6) is 0 Å². The molecule has 2 amide bonds. The van der Waals surface area contributed by atoms with Crippen molar-refractivity contribution < 1.29 is 4.79 Å². The molecule has 142 valence electrons. The van der Waals surface area contributed by atoms with Crippen LogP contribution in [0.1, 0.15) is 41.0 Å². The second-order valence-electron chi connectivity index (χ2n) is 6.70. The molecule has 3 rings (SSSR count). The number of aryl methyl sites for hydroxylation is 1. The molecule has 0 aliphatic rings. The third-order valence-corrected chi connectivity index (χ3v) is 4.61. The second kappa shape index (κ2) is 8.87. The fourth-order valence-electron chi connectivity index (χ4n) is 2.97. The van der Waals surface area contributed by atoms with E-state index in [2.05, 4.69) is 38.4 Å². The molecule has 1 aromatic heterocycles. The summed E-state index contributed by atoms with van der Waals surface area (Å²) in [5.74, 6) is 0.972. The van der Waals surface area contributed by atoms with Crippen molar-refractivity contribution in [1.29, 1.82) is 5.26 Å². The van der Waals surface area contributed by atoms with Crippen LogP contribution in [0.4, 0.5) is 4.79 Å². The molecule has 2 N–H and O–H groups in total. The van der Waals surface area contributed by atoms with E-state index < -0.39 is 0 Å². The van der Waals surface area contributed by atoms with Crippen molar-refractivity contribution in [2.45, 2.75) is 33.0 Å². The van der Waals surface area contributed by atoms with Gasteiger partial charge in [-0.2, -0.15) is 5.26 Å². The van der Waals surface area contributed by atoms with Crippen molar-refractivity contribution >= 4 is 6.03 Å². The average Bonchev–Trinajstić information content (AvgIpc) is 3.11. The first-order valence-corrected chi connectivity index (χ1v) is 9.15. The Kier molecular flexibility index (Phi) is 6.07. The average molecular weight is 373 g/mol. The van der Waals surface area contributed by atoms with Crippen LogP contribution >= 0.6 is 0 Å². The fourth-order valence-corrected chi connectivity index (χ4v) is 2.97. The molecule has 0 aliphatic heterocycles. The predicted molar refractivity (Wildman–Crippen MR) is 107 cm³/mol. The number of benzene rings is 2. The maximum atomic E-state index is 12.2. The minimum atomic E-state index is -0.229. The molecule has 1 heterocycles. The summed E-state index contributed by atoms with van der Waals surface area (Å²) in [6.07, 6.45) is 3.75. The lowest BCUT2D eigenvalue weighted by molar-refractivity contribution is 0.237. The molecule has 3 aromatic rings. The SMILES string of the molecule is Cc1nccn1Cc1cccc(CNC(=O)NC(C)c2ccc(C#N)cc2)c1. The third kappa shape index (κ3) is 4.98. The first kappa shape index (κ1) is 19.2. The molecule has 0 saturated heterocycles. The number of hydrogen-bond donors (Lipinski definition) is 2. The molecule has 6 nitrogen and oxygen atoms in total. The number of nitriles is 1. The number of imidazole rings is 1. The number of urea groups is 1. The van der Waals surface area contributed by atoms with Gasteiger partial charge in [-0.1, -0.05) is 36.4 Å². The van der Waals surface area contributed by atoms with Crippen molar-refractivity contribution in [2.24, 2.45) is 0 Å². The monoisotopic (exact) mass is 373 g/mol. The molecule has 0 spiro atoms. The highest BCUT2D eigenvalue weighted by molar-refractivity contribution is 5.74. The molecular weight excluding hydrogens is 350 g/mol. The number of amides is 2. The highest BCUT2D eigenvalue weighted by Gasteiger charge is 2.09. The van der Waals surface area contributed by atoms with Gasteiger partial charge in [0, 0.05) is 25.5 Å². The molecular formula is C22H23N5O. The van der Waals surface area contributed by atoms with Gasteiger partial charge >= 0.3 is 6.03 Å². The second-order valence-corrected chi connectivity index (χ2v) is 6.70. The molecule has 28 heavy (non-hydrogen) atoms. The van der Waals surface area contributed by atoms with E-state index in [-0.39, 0.29) is 12.1 Å². The van der Waals surface area contributed by atoms with Crippen LogP contribution in [-0.4, -0.2) is 15.6 Å². The van der Waals surface area contributed by atoms with Gasteiger partial charge in [-0.15, -0.1) is 0 Å². The highest BCUT2D eigenvalue weighted by atomic mass is 16.2. The first-order chi connectivity index (χ1) is 13.5. The number of hydrogen-bond acceptors (Lipinski definition) is 3. The molecule has 6 heteroatoms. The zero-order chi connectivity index (χ0) is 19.9. The Morgan fingerprint density at radius 2 is 1.96 bits per heavy atom. The Balaban J connectivity index is 1.53. The van der Waals surface area contributed by atoms with Gasteiger partial charge in [0.25, 0.3) is 0 Å². The largest absolute Gasteiger partial charge is 0.334 e. The zero-order valence-electron chi connectivity index (χ0n) is 16.0. The van der Waals surface area contributed by atoms with Gasteiger partial charge in [0.1, 0.15) is 5.82 Å². The summed E-state index contributed by atoms with van der Waals surface area (Å²) in [7, 11) is 0. The van der Waals surface area contributed by atoms with Crippen LogP contribution in [0.25, 0.3) is 0 Å². The maximum absolute atomic E-state index is 12.2. The summed E-state index contributed by atoms with van der Waals surface area (Å²) in [6.45, 7) is 5.09. The summed E-state index contributed by atoms with van der Waals surface area (Å²) in [4.78, 5) is 16.5. The molecule has 0 radical (unpaired) electrons. The number of rotatable bonds is 6. The van der Waals surface area contributed by atoms with E-state index >= 15 is 0 Å². The van der Waals surface area contributed by atoms with Crippen LogP contribution in [0.2, 0.25) is 0 Å². The minimum absolute atomic E-state index is 0.150. The van der Waals surface area contributed by atoms with E-state index in [1.807, 2.05) is 44.3 Å². The first-order valence-electron chi connectivity index (χ1n) is 9.15. The van der Waals surface area contributed by atoms with Gasteiger partial charge in [0.05, 0.1) is 17.7 Å². The van der Waals surface area contributed by atoms with Crippen molar-refractivity contribution in [1.82, 2.24) is 20.2 Å². The lowest BCUT2D eigenvalue weighted by Crippen LogP contribution is -2.36. The van der Waals surface area contributed by atoms with E-state index in [0.29, 0.717) is 12.1 Å². The summed E-state index contributed by atoms with van der Waals surface area (Å²) < 4.78 is 2.08. The smallest absolute Gasteiger partial charge is 0.315 e. The normalized spacial score (nSPS) is 11.5. The van der Waals surface area contributed by atoms with Gasteiger partial charge in [0.15, 0.2) is 0 Å². The lowest BCUT2D eigenvalue weighted by Gasteiger charge is -2.15. The van der Waals surface area contributed by atoms with Crippen LogP contribution in [0.3, 0.4) is 0 Å². The Morgan fingerprint density at radius 3 is 2.64 bits per heavy atom. The lowest BCUT2D eigenvalue weighted by atomic mass is 10.1. The predicted octanol–water partition coefficient (Wildman–Crippen LogP) is 3.67. The number of carbonyl (C=O) groups is 1. The van der Waals surface area contributed by atoms with Crippen molar-refractivity contribution in [3.05, 3.63) is 89.0 Å². The zero-order valence-corrected chi connectivity index (χ0v) is 16.0. The van der Waals surface area contributed by atoms with E-state index in [0.717, 1.165) is 29.1 Å². The third-order valence-electron chi connectivity index (χ3n) is 4.61. The van der Waals surface area contributed by atoms with Crippen LogP contribution in [-0.2, 0) is 13.1 Å². The molecule has 0 fully saturated rings.